The van der Waals surface area contributed by atoms with E-state index < -0.39 is 5.97 Å². The van der Waals surface area contributed by atoms with Gasteiger partial charge in [-0.15, -0.1) is 0 Å². The van der Waals surface area contributed by atoms with Crippen molar-refractivity contribution in [1.29, 1.82) is 0 Å². The van der Waals surface area contributed by atoms with Gasteiger partial charge in [0.15, 0.2) is 0 Å². The smallest absolute Gasteiger partial charge is 0.322 e. The molecule has 0 aliphatic rings. The quantitative estimate of drug-likeness (QED) is 0.0368. The fourth-order valence-corrected chi connectivity index (χ4v) is 6.66. The van der Waals surface area contributed by atoms with Crippen LogP contribution in [0.15, 0.2) is 48.6 Å². The highest BCUT2D eigenvalue weighted by molar-refractivity contribution is 5.80. The number of amides is 1. The third-order valence-corrected chi connectivity index (χ3v) is 10.00. The molecule has 0 aromatic heterocycles. The predicted molar refractivity (Wildman–Crippen MR) is 231 cm³/mol. The van der Waals surface area contributed by atoms with E-state index in [9.17, 15) is 14.4 Å². The number of carbonyl (C=O) groups is 3. The maximum Gasteiger partial charge on any atom is 0.322 e. The van der Waals surface area contributed by atoms with Crippen molar-refractivity contribution < 1.29 is 24.2 Å². The van der Waals surface area contributed by atoms with Gasteiger partial charge in [-0.05, 0) is 57.4 Å². The Morgan fingerprint density at radius 3 is 1.33 bits per heavy atom. The maximum absolute atomic E-state index is 12.7. The lowest BCUT2D eigenvalue weighted by Gasteiger charge is -2.14. The zero-order chi connectivity index (χ0) is 39.4. The van der Waals surface area contributed by atoms with Crippen LogP contribution in [0.5, 0.6) is 0 Å². The molecule has 0 aliphatic heterocycles. The highest BCUT2D eigenvalue weighted by Crippen LogP contribution is 2.17. The summed E-state index contributed by atoms with van der Waals surface area (Å²) < 4.78 is 5.92. The van der Waals surface area contributed by atoms with Crippen LogP contribution >= 0.6 is 0 Å². The minimum absolute atomic E-state index is 0.0902. The first kappa shape index (κ1) is 51.4. The summed E-state index contributed by atoms with van der Waals surface area (Å²) in [6.07, 6.45) is 55.5. The first-order valence-electron chi connectivity index (χ1n) is 22.8. The summed E-state index contributed by atoms with van der Waals surface area (Å²) in [7, 11) is 0. The van der Waals surface area contributed by atoms with Gasteiger partial charge in [-0.3, -0.25) is 14.4 Å². The van der Waals surface area contributed by atoms with Crippen molar-refractivity contribution in [2.75, 3.05) is 6.54 Å². The molecule has 54 heavy (non-hydrogen) atoms. The maximum atomic E-state index is 12.7. The number of rotatable bonds is 41. The van der Waals surface area contributed by atoms with E-state index in [1.165, 1.54) is 122 Å². The van der Waals surface area contributed by atoms with Gasteiger partial charge in [0, 0.05) is 12.8 Å². The van der Waals surface area contributed by atoms with Crippen LogP contribution in [0.3, 0.4) is 0 Å². The first-order valence-corrected chi connectivity index (χ1v) is 22.8. The van der Waals surface area contributed by atoms with Crippen LogP contribution in [-0.4, -0.2) is 35.6 Å². The molecule has 1 unspecified atom stereocenters. The van der Waals surface area contributed by atoms with Gasteiger partial charge in [0.1, 0.15) is 12.6 Å². The standard InChI is InChI=1S/C48H85NO5/c1-3-5-7-9-11-13-15-16-17-18-19-20-21-22-23-24-26-28-30-35-39-43-48(53)54-45(40-36-32-29-27-25-14-12-10-8-6-4-2)41-37-33-31-34-38-42-46(50)49-44-47(51)52/h6,8,12,14,27,29,36,40,45H,3-5,7,9-11,13,15-26,28,30-35,37-39,41-44H2,1-2H3,(H,49,50)(H,51,52)/b8-6-,14-12-,29-27-,40-36-. The topological polar surface area (TPSA) is 92.7 Å². The monoisotopic (exact) mass is 756 g/mol. The predicted octanol–water partition coefficient (Wildman–Crippen LogP) is 14.2. The van der Waals surface area contributed by atoms with E-state index in [-0.39, 0.29) is 24.5 Å². The molecule has 6 heteroatoms. The molecule has 0 fully saturated rings. The van der Waals surface area contributed by atoms with Gasteiger partial charge >= 0.3 is 11.9 Å². The highest BCUT2D eigenvalue weighted by atomic mass is 16.5. The van der Waals surface area contributed by atoms with E-state index in [4.69, 9.17) is 9.84 Å². The lowest BCUT2D eigenvalue weighted by atomic mass is 10.0. The van der Waals surface area contributed by atoms with Crippen molar-refractivity contribution in [3.8, 4) is 0 Å². The van der Waals surface area contributed by atoms with Crippen molar-refractivity contribution in [3.63, 3.8) is 0 Å². The fraction of sp³-hybridized carbons (Fsp3) is 0.771. The number of aliphatic carboxylic acids is 1. The summed E-state index contributed by atoms with van der Waals surface area (Å²) in [5, 5.41) is 11.1. The minimum atomic E-state index is -1.03. The molecule has 2 N–H and O–H groups in total. The molecule has 1 amide bonds. The average Bonchev–Trinajstić information content (AvgIpc) is 3.16. The van der Waals surface area contributed by atoms with Gasteiger partial charge in [-0.1, -0.05) is 204 Å². The Bertz CT molecular complexity index is 968. The molecule has 0 rings (SSSR count). The van der Waals surface area contributed by atoms with Crippen LogP contribution < -0.4 is 5.32 Å². The number of unbranched alkanes of at least 4 members (excludes halogenated alkanes) is 24. The number of ether oxygens (including phenoxy) is 1. The molecule has 0 aromatic carbocycles. The van der Waals surface area contributed by atoms with E-state index in [2.05, 4.69) is 67.8 Å². The Morgan fingerprint density at radius 1 is 0.500 bits per heavy atom. The van der Waals surface area contributed by atoms with Crippen LogP contribution in [0.2, 0.25) is 0 Å². The number of nitrogens with one attached hydrogen (secondary N) is 1. The van der Waals surface area contributed by atoms with E-state index in [1.54, 1.807) is 0 Å². The Hall–Kier alpha value is -2.63. The molecule has 0 radical (unpaired) electrons. The lowest BCUT2D eigenvalue weighted by molar-refractivity contribution is -0.147. The van der Waals surface area contributed by atoms with Gasteiger partial charge in [0.05, 0.1) is 0 Å². The summed E-state index contributed by atoms with van der Waals surface area (Å²) in [4.78, 5) is 35.0. The van der Waals surface area contributed by atoms with E-state index in [0.717, 1.165) is 77.0 Å². The van der Waals surface area contributed by atoms with Gasteiger partial charge in [-0.25, -0.2) is 0 Å². The third kappa shape index (κ3) is 42.1. The minimum Gasteiger partial charge on any atom is -0.480 e. The summed E-state index contributed by atoms with van der Waals surface area (Å²) in [6, 6.07) is 0. The fourth-order valence-electron chi connectivity index (χ4n) is 6.66. The Kier molecular flexibility index (Phi) is 41.0. The molecule has 0 aromatic rings. The van der Waals surface area contributed by atoms with Crippen LogP contribution in [0.1, 0.15) is 226 Å². The van der Waals surface area contributed by atoms with Crippen LogP contribution in [0.25, 0.3) is 0 Å². The largest absolute Gasteiger partial charge is 0.480 e. The van der Waals surface area contributed by atoms with Gasteiger partial charge in [-0.2, -0.15) is 0 Å². The van der Waals surface area contributed by atoms with E-state index in [0.29, 0.717) is 12.8 Å². The second-order valence-electron chi connectivity index (χ2n) is 15.3. The number of allylic oxidation sites excluding steroid dienone is 7. The number of esters is 1. The van der Waals surface area contributed by atoms with Crippen molar-refractivity contribution in [2.45, 2.75) is 232 Å². The molecule has 6 nitrogen and oxygen atoms in total. The van der Waals surface area contributed by atoms with Crippen LogP contribution in [-0.2, 0) is 19.1 Å². The van der Waals surface area contributed by atoms with E-state index >= 15 is 0 Å². The van der Waals surface area contributed by atoms with Crippen molar-refractivity contribution >= 4 is 17.8 Å². The summed E-state index contributed by atoms with van der Waals surface area (Å²) in [5.74, 6) is -1.32. The second-order valence-corrected chi connectivity index (χ2v) is 15.3. The zero-order valence-corrected chi connectivity index (χ0v) is 35.3. The summed E-state index contributed by atoms with van der Waals surface area (Å²) in [5.41, 5.74) is 0. The second kappa shape index (κ2) is 43.1. The third-order valence-electron chi connectivity index (χ3n) is 10.00. The van der Waals surface area contributed by atoms with Gasteiger partial charge < -0.3 is 15.2 Å². The molecule has 1 atom stereocenters. The number of hydrogen-bond donors (Lipinski definition) is 2. The molecule has 0 heterocycles. The zero-order valence-electron chi connectivity index (χ0n) is 35.3. The molecular weight excluding hydrogens is 671 g/mol. The Balaban J connectivity index is 4.11. The normalized spacial score (nSPS) is 12.5. The number of carboxylic acids is 1. The molecular formula is C48H85NO5. The number of carboxylic acid groups (broad SMARTS) is 1. The van der Waals surface area contributed by atoms with Crippen LogP contribution in [0, 0.1) is 0 Å². The SMILES string of the molecule is CC/C=C\C/C=C\C/C=C\C/C=C\C(CCCCCCCC(=O)NCC(=O)O)OC(=O)CCCCCCCCCCCCCCCCCCCCCCC. The molecule has 0 bridgehead atoms. The van der Waals surface area contributed by atoms with Crippen molar-refractivity contribution in [1.82, 2.24) is 5.32 Å². The first-order chi connectivity index (χ1) is 26.5. The molecule has 0 saturated carbocycles. The summed E-state index contributed by atoms with van der Waals surface area (Å²) >= 11 is 0. The van der Waals surface area contributed by atoms with Gasteiger partial charge in [0.2, 0.25) is 5.91 Å². The molecule has 312 valence electrons. The summed E-state index contributed by atoms with van der Waals surface area (Å²) in [6.45, 7) is 4.11. The molecule has 0 spiro atoms. The highest BCUT2D eigenvalue weighted by Gasteiger charge is 2.11. The number of hydrogen-bond acceptors (Lipinski definition) is 4. The van der Waals surface area contributed by atoms with Crippen molar-refractivity contribution in [2.24, 2.45) is 0 Å². The average molecular weight is 756 g/mol. The van der Waals surface area contributed by atoms with Crippen molar-refractivity contribution in [3.05, 3.63) is 48.6 Å². The molecule has 0 aliphatic carbocycles. The van der Waals surface area contributed by atoms with Crippen LogP contribution in [0.4, 0.5) is 0 Å². The number of carbonyl (C=O) groups excluding carboxylic acids is 2. The molecule has 0 saturated heterocycles. The van der Waals surface area contributed by atoms with E-state index in [1.807, 2.05) is 0 Å². The Morgan fingerprint density at radius 2 is 0.889 bits per heavy atom. The lowest BCUT2D eigenvalue weighted by Crippen LogP contribution is -2.28. The Labute approximate surface area is 333 Å². The van der Waals surface area contributed by atoms with Gasteiger partial charge in [0.25, 0.3) is 0 Å².